The molecular weight excluding hydrogens is 206 g/mol. The summed E-state index contributed by atoms with van der Waals surface area (Å²) in [4.78, 5) is 8.28. The maximum absolute atomic E-state index is 5.91. The normalized spacial score (nSPS) is 24.7. The zero-order chi connectivity index (χ0) is 11.0. The van der Waals surface area contributed by atoms with E-state index in [4.69, 9.17) is 5.73 Å². The molecule has 3 nitrogen and oxygen atoms in total. The summed E-state index contributed by atoms with van der Waals surface area (Å²) >= 11 is 1.80. The minimum absolute atomic E-state index is 0.121. The fourth-order valence-corrected chi connectivity index (χ4v) is 3.31. The number of hydrogen-bond acceptors (Lipinski definition) is 4. The lowest BCUT2D eigenvalue weighted by Gasteiger charge is -2.06. The van der Waals surface area contributed by atoms with Gasteiger partial charge in [0, 0.05) is 23.4 Å². The van der Waals surface area contributed by atoms with Gasteiger partial charge in [-0.05, 0) is 33.9 Å². The molecule has 0 aliphatic carbocycles. The van der Waals surface area contributed by atoms with Gasteiger partial charge in [0.05, 0.1) is 10.7 Å². The Morgan fingerprint density at radius 3 is 2.80 bits per heavy atom. The minimum atomic E-state index is 0.121. The molecule has 0 radical (unpaired) electrons. The number of thiazole rings is 1. The molecule has 2 atom stereocenters. The third-order valence-electron chi connectivity index (χ3n) is 3.00. The van der Waals surface area contributed by atoms with Crippen molar-refractivity contribution >= 4 is 11.3 Å². The number of likely N-dealkylation sites (tertiary alicyclic amines) is 1. The van der Waals surface area contributed by atoms with Gasteiger partial charge in [-0.2, -0.15) is 0 Å². The maximum Gasteiger partial charge on any atom is 0.0975 e. The zero-order valence-electron chi connectivity index (χ0n) is 9.66. The van der Waals surface area contributed by atoms with Crippen molar-refractivity contribution in [3.05, 3.63) is 15.6 Å². The van der Waals surface area contributed by atoms with Gasteiger partial charge in [-0.3, -0.25) is 0 Å². The Kier molecular flexibility index (Phi) is 3.09. The van der Waals surface area contributed by atoms with Crippen molar-refractivity contribution in [2.75, 3.05) is 20.1 Å². The summed E-state index contributed by atoms with van der Waals surface area (Å²) in [5.41, 5.74) is 7.04. The fourth-order valence-electron chi connectivity index (χ4n) is 2.16. The van der Waals surface area contributed by atoms with E-state index in [9.17, 15) is 0 Å². The Hall–Kier alpha value is -0.450. The van der Waals surface area contributed by atoms with Gasteiger partial charge >= 0.3 is 0 Å². The molecule has 0 bridgehead atoms. The van der Waals surface area contributed by atoms with Gasteiger partial charge in [-0.1, -0.05) is 0 Å². The minimum Gasteiger partial charge on any atom is -0.323 e. The number of nitrogens with two attached hydrogens (primary N) is 1. The van der Waals surface area contributed by atoms with Crippen LogP contribution in [0.25, 0.3) is 0 Å². The average Bonchev–Trinajstić information content (AvgIpc) is 2.71. The molecule has 0 aromatic carbocycles. The van der Waals surface area contributed by atoms with E-state index in [2.05, 4.69) is 23.9 Å². The van der Waals surface area contributed by atoms with Crippen molar-refractivity contribution in [2.24, 2.45) is 5.73 Å². The maximum atomic E-state index is 5.91. The summed E-state index contributed by atoms with van der Waals surface area (Å²) in [6, 6.07) is 0.121. The van der Waals surface area contributed by atoms with Crippen LogP contribution in [0.2, 0.25) is 0 Å². The van der Waals surface area contributed by atoms with Crippen LogP contribution in [-0.4, -0.2) is 30.0 Å². The molecule has 0 amide bonds. The van der Waals surface area contributed by atoms with E-state index < -0.39 is 0 Å². The summed E-state index contributed by atoms with van der Waals surface area (Å²) < 4.78 is 0. The summed E-state index contributed by atoms with van der Waals surface area (Å²) in [6.45, 7) is 6.44. The first-order valence-corrected chi connectivity index (χ1v) is 6.31. The first-order chi connectivity index (χ1) is 7.08. The molecule has 2 N–H and O–H groups in total. The van der Waals surface area contributed by atoms with Gasteiger partial charge in [0.1, 0.15) is 0 Å². The largest absolute Gasteiger partial charge is 0.323 e. The molecule has 0 spiro atoms. The van der Waals surface area contributed by atoms with Crippen LogP contribution in [0.15, 0.2) is 0 Å². The molecule has 4 heteroatoms. The number of likely N-dealkylation sites (N-methyl/N-ethyl adjacent to an activating group) is 1. The third kappa shape index (κ3) is 2.22. The van der Waals surface area contributed by atoms with E-state index in [1.54, 1.807) is 11.3 Å². The van der Waals surface area contributed by atoms with Crippen molar-refractivity contribution in [3.63, 3.8) is 0 Å². The van der Waals surface area contributed by atoms with Gasteiger partial charge < -0.3 is 10.6 Å². The standard InChI is InChI=1S/C11H19N3S/c1-7(12)10-8(2)13-11(15-10)9-4-5-14(3)6-9/h7,9H,4-6,12H2,1-3H3. The van der Waals surface area contributed by atoms with E-state index in [-0.39, 0.29) is 6.04 Å². The molecular formula is C11H19N3S. The highest BCUT2D eigenvalue weighted by Gasteiger charge is 2.25. The zero-order valence-corrected chi connectivity index (χ0v) is 10.5. The van der Waals surface area contributed by atoms with Gasteiger partial charge in [0.15, 0.2) is 0 Å². The van der Waals surface area contributed by atoms with Crippen LogP contribution in [-0.2, 0) is 0 Å². The van der Waals surface area contributed by atoms with Crippen molar-refractivity contribution in [1.29, 1.82) is 0 Å². The Morgan fingerprint density at radius 1 is 1.60 bits per heavy atom. The molecule has 0 saturated carbocycles. The average molecular weight is 225 g/mol. The number of aromatic nitrogens is 1. The third-order valence-corrected chi connectivity index (χ3v) is 4.52. The van der Waals surface area contributed by atoms with E-state index in [0.29, 0.717) is 5.92 Å². The number of nitrogens with zero attached hydrogens (tertiary/aromatic N) is 2. The van der Waals surface area contributed by atoms with Crippen LogP contribution in [0.5, 0.6) is 0 Å². The van der Waals surface area contributed by atoms with Crippen molar-refractivity contribution < 1.29 is 0 Å². The summed E-state index contributed by atoms with van der Waals surface area (Å²) in [6.07, 6.45) is 1.24. The van der Waals surface area contributed by atoms with Gasteiger partial charge in [0.25, 0.3) is 0 Å². The second-order valence-electron chi connectivity index (χ2n) is 4.54. The first-order valence-electron chi connectivity index (χ1n) is 5.49. The quantitative estimate of drug-likeness (QED) is 0.836. The van der Waals surface area contributed by atoms with Crippen LogP contribution in [0.4, 0.5) is 0 Å². The van der Waals surface area contributed by atoms with E-state index in [1.807, 2.05) is 6.92 Å². The molecule has 1 aromatic rings. The molecule has 2 rings (SSSR count). The van der Waals surface area contributed by atoms with Crippen LogP contribution >= 0.6 is 11.3 Å². The summed E-state index contributed by atoms with van der Waals surface area (Å²) in [5.74, 6) is 0.631. The molecule has 1 aliphatic heterocycles. The highest BCUT2D eigenvalue weighted by molar-refractivity contribution is 7.11. The molecule has 1 aromatic heterocycles. The lowest BCUT2D eigenvalue weighted by Crippen LogP contribution is -2.13. The van der Waals surface area contributed by atoms with Crippen molar-refractivity contribution in [2.45, 2.75) is 32.2 Å². The van der Waals surface area contributed by atoms with Crippen molar-refractivity contribution in [1.82, 2.24) is 9.88 Å². The van der Waals surface area contributed by atoms with Gasteiger partial charge in [0.2, 0.25) is 0 Å². The fraction of sp³-hybridized carbons (Fsp3) is 0.727. The Balaban J connectivity index is 2.19. The van der Waals surface area contributed by atoms with Gasteiger partial charge in [-0.15, -0.1) is 11.3 Å². The summed E-state index contributed by atoms with van der Waals surface area (Å²) in [5, 5.41) is 1.28. The lowest BCUT2D eigenvalue weighted by molar-refractivity contribution is 0.411. The molecule has 15 heavy (non-hydrogen) atoms. The number of hydrogen-bond donors (Lipinski definition) is 1. The highest BCUT2D eigenvalue weighted by Crippen LogP contribution is 2.33. The Labute approximate surface area is 95.3 Å². The second-order valence-corrected chi connectivity index (χ2v) is 5.60. The van der Waals surface area contributed by atoms with E-state index in [1.165, 1.54) is 22.9 Å². The Bertz CT molecular complexity index is 346. The lowest BCUT2D eigenvalue weighted by atomic mass is 10.1. The van der Waals surface area contributed by atoms with E-state index >= 15 is 0 Å². The Morgan fingerprint density at radius 2 is 2.33 bits per heavy atom. The smallest absolute Gasteiger partial charge is 0.0975 e. The molecule has 2 unspecified atom stereocenters. The molecule has 1 aliphatic rings. The van der Waals surface area contributed by atoms with E-state index in [0.717, 1.165) is 12.2 Å². The predicted molar refractivity (Wildman–Crippen MR) is 64.3 cm³/mol. The number of aryl methyl sites for hydroxylation is 1. The molecule has 2 heterocycles. The van der Waals surface area contributed by atoms with Crippen LogP contribution in [0.1, 0.15) is 40.9 Å². The van der Waals surface area contributed by atoms with Crippen LogP contribution in [0, 0.1) is 6.92 Å². The monoisotopic (exact) mass is 225 g/mol. The summed E-state index contributed by atoms with van der Waals surface area (Å²) in [7, 11) is 2.17. The molecule has 84 valence electrons. The molecule has 1 fully saturated rings. The van der Waals surface area contributed by atoms with Crippen molar-refractivity contribution in [3.8, 4) is 0 Å². The SMILES string of the molecule is Cc1nc(C2CCN(C)C2)sc1C(C)N. The van der Waals surface area contributed by atoms with Crippen LogP contribution < -0.4 is 5.73 Å². The topological polar surface area (TPSA) is 42.2 Å². The number of rotatable bonds is 2. The van der Waals surface area contributed by atoms with Crippen LogP contribution in [0.3, 0.4) is 0 Å². The predicted octanol–water partition coefficient (Wildman–Crippen LogP) is 1.89. The van der Waals surface area contributed by atoms with Gasteiger partial charge in [-0.25, -0.2) is 4.98 Å². The second kappa shape index (κ2) is 4.20. The molecule has 1 saturated heterocycles. The first kappa shape index (κ1) is 11.0. The highest BCUT2D eigenvalue weighted by atomic mass is 32.1.